The van der Waals surface area contributed by atoms with E-state index in [-0.39, 0.29) is 6.10 Å². The van der Waals surface area contributed by atoms with Crippen LogP contribution in [0, 0.1) is 52.3 Å². The van der Waals surface area contributed by atoms with Crippen LogP contribution >= 0.6 is 0 Å². The minimum absolute atomic E-state index is 0.0870. The number of fused-ring (bicyclic) bond motifs is 5. The van der Waals surface area contributed by atoms with Crippen molar-refractivity contribution < 1.29 is 5.11 Å². The van der Waals surface area contributed by atoms with Gasteiger partial charge in [0.25, 0.3) is 0 Å². The molecule has 1 heteroatoms. The Morgan fingerprint density at radius 3 is 2.50 bits per heavy atom. The Labute approximate surface area is 186 Å². The van der Waals surface area contributed by atoms with Crippen LogP contribution in [0.25, 0.3) is 0 Å². The van der Waals surface area contributed by atoms with E-state index in [0.717, 1.165) is 48.3 Å². The van der Waals surface area contributed by atoms with Crippen LogP contribution in [-0.4, -0.2) is 11.2 Å². The highest BCUT2D eigenvalue weighted by Crippen LogP contribution is 2.67. The molecule has 3 fully saturated rings. The molecule has 0 aliphatic heterocycles. The van der Waals surface area contributed by atoms with Gasteiger partial charge in [0.05, 0.1) is 6.10 Å². The van der Waals surface area contributed by atoms with E-state index < -0.39 is 0 Å². The van der Waals surface area contributed by atoms with Crippen molar-refractivity contribution in [2.45, 2.75) is 105 Å². The quantitative estimate of drug-likeness (QED) is 0.457. The van der Waals surface area contributed by atoms with Crippen LogP contribution in [-0.2, 0) is 0 Å². The molecule has 0 aromatic heterocycles. The Kier molecular flexibility index (Phi) is 6.35. The predicted octanol–water partition coefficient (Wildman–Crippen LogP) is 7.80. The molecule has 4 aliphatic rings. The van der Waals surface area contributed by atoms with Crippen molar-refractivity contribution in [3.8, 4) is 0 Å². The van der Waals surface area contributed by atoms with Crippen LogP contribution in [0.4, 0.5) is 0 Å². The van der Waals surface area contributed by atoms with E-state index in [9.17, 15) is 5.11 Å². The van der Waals surface area contributed by atoms with Crippen LogP contribution in [0.15, 0.2) is 23.8 Å². The number of rotatable bonds is 5. The van der Waals surface area contributed by atoms with Crippen molar-refractivity contribution in [3.05, 3.63) is 23.8 Å². The third kappa shape index (κ3) is 3.66. The first-order valence-corrected chi connectivity index (χ1v) is 13.3. The Morgan fingerprint density at radius 1 is 1.03 bits per heavy atom. The molecule has 0 amide bonds. The lowest BCUT2D eigenvalue weighted by atomic mass is 9.47. The SMILES string of the molecule is CCC(C=CC(C)[C@H]1CCC2C3CC=C4C[C@@H](O)CC[C@]4(C)C3CC[C@@]21C)C(C)C. The highest BCUT2D eigenvalue weighted by molar-refractivity contribution is 5.25. The maximum absolute atomic E-state index is 10.2. The summed E-state index contributed by atoms with van der Waals surface area (Å²) in [6.07, 6.45) is 19.1. The summed E-state index contributed by atoms with van der Waals surface area (Å²) in [7, 11) is 0. The molecule has 1 N–H and O–H groups in total. The smallest absolute Gasteiger partial charge is 0.0577 e. The first-order chi connectivity index (χ1) is 14.2. The molecule has 0 bridgehead atoms. The van der Waals surface area contributed by atoms with Crippen molar-refractivity contribution in [2.24, 2.45) is 52.3 Å². The lowest BCUT2D eigenvalue weighted by Crippen LogP contribution is -2.50. The molecule has 4 rings (SSSR count). The largest absolute Gasteiger partial charge is 0.393 e. The van der Waals surface area contributed by atoms with Gasteiger partial charge < -0.3 is 5.11 Å². The van der Waals surface area contributed by atoms with Gasteiger partial charge in [-0.1, -0.05) is 65.3 Å². The molecule has 170 valence electrons. The standard InChI is InChI=1S/C29H48O/c1-7-21(19(2)3)9-8-20(4)25-12-13-26-24-11-10-22-18-23(30)14-16-28(22,5)27(24)15-17-29(25,26)6/h8-10,19-21,23-27,30H,7,11-18H2,1-6H3/t20?,21?,23-,24?,25+,26?,27?,28-,29+/m0/s1. The average Bonchev–Trinajstić information content (AvgIpc) is 3.06. The lowest BCUT2D eigenvalue weighted by molar-refractivity contribution is -0.0540. The molecule has 0 heterocycles. The van der Waals surface area contributed by atoms with Gasteiger partial charge in [-0.05, 0) is 110 Å². The molecule has 3 saturated carbocycles. The second-order valence-electron chi connectivity index (χ2n) is 12.4. The van der Waals surface area contributed by atoms with E-state index in [2.05, 4.69) is 59.8 Å². The monoisotopic (exact) mass is 412 g/mol. The van der Waals surface area contributed by atoms with E-state index in [1.165, 1.54) is 44.9 Å². The zero-order valence-corrected chi connectivity index (χ0v) is 20.7. The summed E-state index contributed by atoms with van der Waals surface area (Å²) in [6, 6.07) is 0. The second-order valence-corrected chi connectivity index (χ2v) is 12.4. The number of hydrogen-bond acceptors (Lipinski definition) is 1. The van der Waals surface area contributed by atoms with Gasteiger partial charge in [-0.25, -0.2) is 0 Å². The van der Waals surface area contributed by atoms with Gasteiger partial charge in [0, 0.05) is 0 Å². The highest BCUT2D eigenvalue weighted by Gasteiger charge is 2.58. The molecule has 5 unspecified atom stereocenters. The molecule has 0 aromatic carbocycles. The fourth-order valence-electron chi connectivity index (χ4n) is 8.83. The van der Waals surface area contributed by atoms with Crippen molar-refractivity contribution >= 4 is 0 Å². The van der Waals surface area contributed by atoms with Gasteiger partial charge >= 0.3 is 0 Å². The normalized spacial score (nSPS) is 45.6. The van der Waals surface area contributed by atoms with E-state index in [4.69, 9.17) is 0 Å². The third-order valence-electron chi connectivity index (χ3n) is 10.8. The van der Waals surface area contributed by atoms with E-state index in [0.29, 0.717) is 16.7 Å². The molecule has 0 aromatic rings. The van der Waals surface area contributed by atoms with Gasteiger partial charge in [-0.15, -0.1) is 0 Å². The molecular weight excluding hydrogens is 364 g/mol. The number of aliphatic hydroxyl groups excluding tert-OH is 1. The Balaban J connectivity index is 1.52. The summed E-state index contributed by atoms with van der Waals surface area (Å²) >= 11 is 0. The topological polar surface area (TPSA) is 20.2 Å². The number of allylic oxidation sites excluding steroid dienone is 3. The molecule has 9 atom stereocenters. The van der Waals surface area contributed by atoms with Crippen molar-refractivity contribution in [1.29, 1.82) is 0 Å². The minimum Gasteiger partial charge on any atom is -0.393 e. The van der Waals surface area contributed by atoms with Crippen LogP contribution in [0.2, 0.25) is 0 Å². The third-order valence-corrected chi connectivity index (χ3v) is 10.8. The highest BCUT2D eigenvalue weighted by atomic mass is 16.3. The lowest BCUT2D eigenvalue weighted by Gasteiger charge is -2.58. The van der Waals surface area contributed by atoms with Gasteiger partial charge in [0.15, 0.2) is 0 Å². The maximum atomic E-state index is 10.2. The summed E-state index contributed by atoms with van der Waals surface area (Å²) in [5.41, 5.74) is 2.51. The molecule has 1 nitrogen and oxygen atoms in total. The van der Waals surface area contributed by atoms with Gasteiger partial charge in [-0.2, -0.15) is 0 Å². The van der Waals surface area contributed by atoms with E-state index in [1.807, 2.05) is 0 Å². The summed E-state index contributed by atoms with van der Waals surface area (Å²) in [4.78, 5) is 0. The molecule has 30 heavy (non-hydrogen) atoms. The van der Waals surface area contributed by atoms with E-state index >= 15 is 0 Å². The average molecular weight is 413 g/mol. The summed E-state index contributed by atoms with van der Waals surface area (Å²) < 4.78 is 0. The van der Waals surface area contributed by atoms with E-state index in [1.54, 1.807) is 5.57 Å². The maximum Gasteiger partial charge on any atom is 0.0577 e. The van der Waals surface area contributed by atoms with Crippen LogP contribution in [0.1, 0.15) is 99.3 Å². The Hall–Kier alpha value is -0.560. The van der Waals surface area contributed by atoms with Crippen LogP contribution in [0.5, 0.6) is 0 Å². The number of aliphatic hydroxyl groups is 1. The fraction of sp³-hybridized carbons (Fsp3) is 0.862. The molecule has 0 saturated heterocycles. The predicted molar refractivity (Wildman–Crippen MR) is 128 cm³/mol. The Bertz CT molecular complexity index is 674. The van der Waals surface area contributed by atoms with Crippen molar-refractivity contribution in [3.63, 3.8) is 0 Å². The Morgan fingerprint density at radius 2 is 1.80 bits per heavy atom. The summed E-state index contributed by atoms with van der Waals surface area (Å²) in [6.45, 7) is 14.8. The summed E-state index contributed by atoms with van der Waals surface area (Å²) in [5, 5.41) is 10.2. The van der Waals surface area contributed by atoms with Crippen molar-refractivity contribution in [1.82, 2.24) is 0 Å². The molecule has 0 spiro atoms. The molecular formula is C29H48O. The molecule has 4 aliphatic carbocycles. The van der Waals surface area contributed by atoms with Crippen LogP contribution in [0.3, 0.4) is 0 Å². The molecule has 0 radical (unpaired) electrons. The first kappa shape index (κ1) is 22.6. The fourth-order valence-corrected chi connectivity index (χ4v) is 8.83. The van der Waals surface area contributed by atoms with Gasteiger partial charge in [0.2, 0.25) is 0 Å². The zero-order chi connectivity index (χ0) is 21.7. The van der Waals surface area contributed by atoms with Gasteiger partial charge in [-0.3, -0.25) is 0 Å². The first-order valence-electron chi connectivity index (χ1n) is 13.3. The van der Waals surface area contributed by atoms with Crippen LogP contribution < -0.4 is 0 Å². The second kappa shape index (κ2) is 8.42. The van der Waals surface area contributed by atoms with Crippen molar-refractivity contribution in [2.75, 3.05) is 0 Å². The number of hydrogen-bond donors (Lipinski definition) is 1. The zero-order valence-electron chi connectivity index (χ0n) is 20.7. The summed E-state index contributed by atoms with van der Waals surface area (Å²) in [5.74, 6) is 5.70. The minimum atomic E-state index is -0.0870. The van der Waals surface area contributed by atoms with Gasteiger partial charge in [0.1, 0.15) is 0 Å².